The van der Waals surface area contributed by atoms with Crippen LogP contribution in [0, 0.1) is 0 Å². The summed E-state index contributed by atoms with van der Waals surface area (Å²) in [6.07, 6.45) is 2.41. The maximum absolute atomic E-state index is 12.8. The van der Waals surface area contributed by atoms with Crippen molar-refractivity contribution in [3.8, 4) is 0 Å². The summed E-state index contributed by atoms with van der Waals surface area (Å²) in [6, 6.07) is 7.55. The number of Topliss-reactive ketones (excluding diaryl/α,β-unsaturated/α-hetero) is 1. The van der Waals surface area contributed by atoms with Crippen molar-refractivity contribution in [1.82, 2.24) is 9.88 Å². The molecule has 0 N–H and O–H groups in total. The Morgan fingerprint density at radius 2 is 1.75 bits per heavy atom. The first-order chi connectivity index (χ1) is 16.7. The molecule has 1 saturated heterocycles. The number of amides is 1. The maximum atomic E-state index is 12.8. The van der Waals surface area contributed by atoms with E-state index in [9.17, 15) is 9.59 Å². The van der Waals surface area contributed by atoms with Crippen molar-refractivity contribution in [3.63, 3.8) is 0 Å². The lowest BCUT2D eigenvalue weighted by atomic mass is 9.78. The highest BCUT2D eigenvalue weighted by atomic mass is 32.1. The molecule has 0 saturated carbocycles. The van der Waals surface area contributed by atoms with E-state index in [0.717, 1.165) is 40.3 Å². The fraction of sp³-hybridized carbons (Fsp3) is 0.593. The van der Waals surface area contributed by atoms with Crippen molar-refractivity contribution in [2.75, 3.05) is 6.54 Å². The fourth-order valence-corrected chi connectivity index (χ4v) is 5.36. The van der Waals surface area contributed by atoms with Gasteiger partial charge in [-0.15, -0.1) is 11.3 Å². The van der Waals surface area contributed by atoms with E-state index in [1.54, 1.807) is 16.2 Å². The summed E-state index contributed by atoms with van der Waals surface area (Å²) in [4.78, 5) is 32.8. The molecule has 0 unspecified atom stereocenters. The number of ketones is 1. The molecule has 0 bridgehead atoms. The zero-order valence-electron chi connectivity index (χ0n) is 22.5. The Labute approximate surface area is 218 Å². The molecule has 2 aromatic rings. The Morgan fingerprint density at radius 3 is 2.36 bits per heavy atom. The summed E-state index contributed by atoms with van der Waals surface area (Å²) in [5.74, 6) is 0.118. The second kappa shape index (κ2) is 9.91. The van der Waals surface area contributed by atoms with Gasteiger partial charge in [0, 0.05) is 29.8 Å². The lowest BCUT2D eigenvalue weighted by molar-refractivity contribution is 0.00578. The third-order valence-corrected chi connectivity index (χ3v) is 8.12. The predicted molar refractivity (Wildman–Crippen MR) is 142 cm³/mol. The lowest BCUT2D eigenvalue weighted by Gasteiger charge is -2.32. The Kier molecular flexibility index (Phi) is 7.39. The minimum absolute atomic E-state index is 0.118. The largest absolute Gasteiger partial charge is 0.494 e. The number of benzene rings is 1. The van der Waals surface area contributed by atoms with Crippen LogP contribution in [0.2, 0.25) is 0 Å². The van der Waals surface area contributed by atoms with Crippen LogP contribution in [0.25, 0.3) is 0 Å². The molecule has 1 fully saturated rings. The summed E-state index contributed by atoms with van der Waals surface area (Å²) in [5.41, 5.74) is 1.39. The summed E-state index contributed by atoms with van der Waals surface area (Å²) in [7, 11) is -0.429. The van der Waals surface area contributed by atoms with Crippen LogP contribution in [-0.2, 0) is 33.4 Å². The average molecular weight is 512 g/mol. The van der Waals surface area contributed by atoms with Crippen LogP contribution in [0.1, 0.15) is 87.2 Å². The molecule has 2 aliphatic heterocycles. The van der Waals surface area contributed by atoms with E-state index in [4.69, 9.17) is 19.0 Å². The first-order valence-electron chi connectivity index (χ1n) is 12.7. The van der Waals surface area contributed by atoms with Crippen LogP contribution in [-0.4, -0.2) is 52.2 Å². The number of carbonyl (C=O) groups excluding carboxylic acids is 2. The van der Waals surface area contributed by atoms with E-state index in [0.29, 0.717) is 25.1 Å². The van der Waals surface area contributed by atoms with Gasteiger partial charge in [-0.2, -0.15) is 0 Å². The SMILES string of the molecule is CC(C)(C)OC(=O)N1CCc2nc(CCCC(=O)c3ccc(B4OC(C)(C)C(C)(C)O4)cc3)sc2C1. The van der Waals surface area contributed by atoms with Crippen molar-refractivity contribution < 1.29 is 23.6 Å². The van der Waals surface area contributed by atoms with Gasteiger partial charge >= 0.3 is 13.2 Å². The molecule has 0 aliphatic carbocycles. The third-order valence-electron chi connectivity index (χ3n) is 6.98. The number of fused-ring (bicyclic) bond motifs is 1. The van der Waals surface area contributed by atoms with Crippen molar-refractivity contribution in [1.29, 1.82) is 0 Å². The molecule has 0 atom stereocenters. The van der Waals surface area contributed by atoms with E-state index in [1.807, 2.05) is 72.7 Å². The van der Waals surface area contributed by atoms with E-state index in [1.165, 1.54) is 0 Å². The van der Waals surface area contributed by atoms with Crippen molar-refractivity contribution in [2.24, 2.45) is 0 Å². The monoisotopic (exact) mass is 512 g/mol. The smallest absolute Gasteiger partial charge is 0.444 e. The van der Waals surface area contributed by atoms with Crippen molar-refractivity contribution in [3.05, 3.63) is 45.4 Å². The minimum Gasteiger partial charge on any atom is -0.444 e. The number of aromatic nitrogens is 1. The molecule has 194 valence electrons. The highest BCUT2D eigenvalue weighted by Crippen LogP contribution is 2.36. The molecule has 1 amide bonds. The van der Waals surface area contributed by atoms with Gasteiger partial charge in [0.05, 0.1) is 28.4 Å². The van der Waals surface area contributed by atoms with Crippen LogP contribution in [0.15, 0.2) is 24.3 Å². The summed E-state index contributed by atoms with van der Waals surface area (Å²) >= 11 is 1.64. The Bertz CT molecular complexity index is 1100. The molecular formula is C27H37BN2O5S. The summed E-state index contributed by atoms with van der Waals surface area (Å²) < 4.78 is 17.7. The second-order valence-corrected chi connectivity index (χ2v) is 12.8. The quantitative estimate of drug-likeness (QED) is 0.403. The highest BCUT2D eigenvalue weighted by molar-refractivity contribution is 7.11. The van der Waals surface area contributed by atoms with Crippen molar-refractivity contribution >= 4 is 35.8 Å². The Hall–Kier alpha value is -2.23. The molecule has 1 aromatic heterocycles. The number of thiazole rings is 1. The minimum atomic E-state index is -0.505. The number of hydrogen-bond acceptors (Lipinski definition) is 7. The van der Waals surface area contributed by atoms with E-state index in [2.05, 4.69) is 0 Å². The zero-order valence-corrected chi connectivity index (χ0v) is 23.3. The fourth-order valence-electron chi connectivity index (χ4n) is 4.19. The number of carbonyl (C=O) groups is 2. The molecule has 0 radical (unpaired) electrons. The molecule has 0 spiro atoms. The van der Waals surface area contributed by atoms with Gasteiger partial charge in [-0.3, -0.25) is 4.79 Å². The standard InChI is InChI=1S/C27H37BN2O5S/c1-25(2,3)33-24(32)30-16-15-20-22(17-30)36-23(29-20)10-8-9-21(31)18-11-13-19(14-12-18)28-34-26(4,5)27(6,7)35-28/h11-14H,8-10,15-17H2,1-7H3. The van der Waals surface area contributed by atoms with Gasteiger partial charge in [0.1, 0.15) is 5.60 Å². The normalized spacial score (nSPS) is 18.8. The van der Waals surface area contributed by atoms with Crippen LogP contribution in [0.3, 0.4) is 0 Å². The van der Waals surface area contributed by atoms with Crippen LogP contribution >= 0.6 is 11.3 Å². The van der Waals surface area contributed by atoms with Crippen LogP contribution in [0.5, 0.6) is 0 Å². The zero-order chi connectivity index (χ0) is 26.3. The highest BCUT2D eigenvalue weighted by Gasteiger charge is 2.51. The van der Waals surface area contributed by atoms with Gasteiger partial charge in [-0.05, 0) is 66.8 Å². The van der Waals surface area contributed by atoms with Gasteiger partial charge in [0.25, 0.3) is 0 Å². The number of ether oxygens (including phenoxy) is 1. The molecular weight excluding hydrogens is 475 g/mol. The topological polar surface area (TPSA) is 78.0 Å². The molecule has 1 aromatic carbocycles. The second-order valence-electron chi connectivity index (χ2n) is 11.6. The maximum Gasteiger partial charge on any atom is 0.494 e. The Balaban J connectivity index is 1.27. The van der Waals surface area contributed by atoms with Crippen LogP contribution in [0.4, 0.5) is 4.79 Å². The summed E-state index contributed by atoms with van der Waals surface area (Å²) in [5, 5.41) is 1.02. The number of hydrogen-bond donors (Lipinski definition) is 0. The van der Waals surface area contributed by atoms with Gasteiger partial charge in [-0.25, -0.2) is 9.78 Å². The van der Waals surface area contributed by atoms with Gasteiger partial charge in [0.2, 0.25) is 0 Å². The van der Waals surface area contributed by atoms with Gasteiger partial charge in [-0.1, -0.05) is 24.3 Å². The van der Waals surface area contributed by atoms with E-state index in [-0.39, 0.29) is 11.9 Å². The van der Waals surface area contributed by atoms with Crippen molar-refractivity contribution in [2.45, 2.75) is 97.5 Å². The molecule has 7 nitrogen and oxygen atoms in total. The number of nitrogens with zero attached hydrogens (tertiary/aromatic N) is 2. The van der Waals surface area contributed by atoms with Crippen LogP contribution < -0.4 is 5.46 Å². The molecule has 9 heteroatoms. The summed E-state index contributed by atoms with van der Waals surface area (Å²) in [6.45, 7) is 14.9. The van der Waals surface area contributed by atoms with E-state index < -0.39 is 23.9 Å². The predicted octanol–water partition coefficient (Wildman–Crippen LogP) is 4.94. The number of aryl methyl sites for hydroxylation is 1. The van der Waals surface area contributed by atoms with Gasteiger partial charge in [0.15, 0.2) is 5.78 Å². The average Bonchev–Trinajstić information content (AvgIpc) is 3.28. The van der Waals surface area contributed by atoms with E-state index >= 15 is 0 Å². The molecule has 4 rings (SSSR count). The molecule has 3 heterocycles. The van der Waals surface area contributed by atoms with Gasteiger partial charge < -0.3 is 18.9 Å². The molecule has 36 heavy (non-hydrogen) atoms. The number of rotatable bonds is 6. The lowest BCUT2D eigenvalue weighted by Crippen LogP contribution is -2.41. The first-order valence-corrected chi connectivity index (χ1v) is 13.5. The third kappa shape index (κ3) is 6.01. The first kappa shape index (κ1) is 26.8. The molecule has 2 aliphatic rings. The Morgan fingerprint density at radius 1 is 1.11 bits per heavy atom.